The molecule has 2 bridgehead atoms. The second-order valence-corrected chi connectivity index (χ2v) is 9.32. The first kappa shape index (κ1) is 22.8. The highest BCUT2D eigenvalue weighted by molar-refractivity contribution is 5.94. The molecule has 1 aromatic carbocycles. The summed E-state index contributed by atoms with van der Waals surface area (Å²) in [6.07, 6.45) is 2.00. The summed E-state index contributed by atoms with van der Waals surface area (Å²) >= 11 is 0. The third-order valence-corrected chi connectivity index (χ3v) is 7.02. The van der Waals surface area contributed by atoms with Crippen molar-refractivity contribution in [1.82, 2.24) is 9.38 Å². The molecule has 1 saturated carbocycles. The van der Waals surface area contributed by atoms with Crippen molar-refractivity contribution >= 4 is 23.1 Å². The third-order valence-electron chi connectivity index (χ3n) is 7.02. The number of hydrogen-bond donors (Lipinski definition) is 2. The summed E-state index contributed by atoms with van der Waals surface area (Å²) in [5.41, 5.74) is 1.40. The Morgan fingerprint density at radius 2 is 2.00 bits per heavy atom. The molecule has 6 rings (SSSR count). The number of carboxylic acid groups (broad SMARTS) is 1. The van der Waals surface area contributed by atoms with Gasteiger partial charge < -0.3 is 15.3 Å². The van der Waals surface area contributed by atoms with Crippen molar-refractivity contribution in [3.63, 3.8) is 0 Å². The first-order valence-electron chi connectivity index (χ1n) is 11.3. The molecule has 2 aromatic heterocycles. The number of aromatic carboxylic acids is 1. The fourth-order valence-electron chi connectivity index (χ4n) is 5.15. The van der Waals surface area contributed by atoms with Crippen LogP contribution in [-0.4, -0.2) is 39.5 Å². The quantitative estimate of drug-likeness (QED) is 0.572. The Bertz CT molecular complexity index is 1450. The molecule has 0 amide bonds. The number of pyridine rings is 1. The van der Waals surface area contributed by atoms with E-state index in [2.05, 4.69) is 10.3 Å². The molecule has 2 aliphatic heterocycles. The molecular formula is C25H23F2N5O3. The fraction of sp³-hybridized carbons (Fsp3) is 0.360. The van der Waals surface area contributed by atoms with Gasteiger partial charge in [0.1, 0.15) is 11.7 Å². The number of nitrogens with zero attached hydrogens (tertiary/aromatic N) is 4. The molecule has 2 unspecified atom stereocenters. The van der Waals surface area contributed by atoms with Crippen LogP contribution >= 0.6 is 0 Å². The predicted molar refractivity (Wildman–Crippen MR) is 125 cm³/mol. The summed E-state index contributed by atoms with van der Waals surface area (Å²) in [7, 11) is 0. The van der Waals surface area contributed by atoms with Crippen molar-refractivity contribution in [2.75, 3.05) is 23.3 Å². The van der Waals surface area contributed by atoms with Gasteiger partial charge in [0.15, 0.2) is 11.4 Å². The topological polar surface area (TPSA) is 111 Å². The average molecular weight is 479 g/mol. The molecular weight excluding hydrogens is 456 g/mol. The van der Waals surface area contributed by atoms with Gasteiger partial charge in [0, 0.05) is 42.4 Å². The van der Waals surface area contributed by atoms with Gasteiger partial charge in [-0.15, -0.1) is 0 Å². The maximum Gasteiger partial charge on any atom is 0.337 e. The Kier molecular flexibility index (Phi) is 5.24. The van der Waals surface area contributed by atoms with Crippen LogP contribution in [0.3, 0.4) is 0 Å². The van der Waals surface area contributed by atoms with Gasteiger partial charge in [-0.1, -0.05) is 12.1 Å². The number of alkyl halides is 2. The highest BCUT2D eigenvalue weighted by Crippen LogP contribution is 2.53. The zero-order valence-electron chi connectivity index (χ0n) is 19.1. The fourth-order valence-corrected chi connectivity index (χ4v) is 5.15. The van der Waals surface area contributed by atoms with E-state index in [0.717, 1.165) is 5.56 Å². The van der Waals surface area contributed by atoms with Gasteiger partial charge in [0.05, 0.1) is 11.6 Å². The normalized spacial score (nSPS) is 21.2. The minimum absolute atomic E-state index is 0.0295. The summed E-state index contributed by atoms with van der Waals surface area (Å²) in [4.78, 5) is 31.2. The maximum absolute atomic E-state index is 14.1. The van der Waals surface area contributed by atoms with Gasteiger partial charge in [0.25, 0.3) is 11.5 Å². The lowest BCUT2D eigenvalue weighted by Gasteiger charge is -2.53. The number of nitrogens with one attached hydrogen (secondary N) is 1. The second-order valence-electron chi connectivity index (χ2n) is 9.32. The number of hydrogen-bond acceptors (Lipinski definition) is 6. The summed E-state index contributed by atoms with van der Waals surface area (Å²) in [5.74, 6) is -5.33. The number of benzene rings is 1. The summed E-state index contributed by atoms with van der Waals surface area (Å²) in [6, 6.07) is 9.78. The van der Waals surface area contributed by atoms with E-state index < -0.39 is 35.3 Å². The lowest BCUT2D eigenvalue weighted by Crippen LogP contribution is -2.63. The minimum Gasteiger partial charge on any atom is -0.478 e. The number of anilines is 2. The Labute approximate surface area is 199 Å². The number of aryl methyl sites for hydroxylation is 1. The zero-order valence-corrected chi connectivity index (χ0v) is 19.1. The van der Waals surface area contributed by atoms with Crippen LogP contribution in [0.4, 0.5) is 20.3 Å². The number of para-hydroxylation sites is 1. The van der Waals surface area contributed by atoms with Crippen LogP contribution < -0.4 is 15.8 Å². The van der Waals surface area contributed by atoms with Gasteiger partial charge in [-0.25, -0.2) is 18.6 Å². The van der Waals surface area contributed by atoms with Gasteiger partial charge in [-0.3, -0.25) is 9.20 Å². The third kappa shape index (κ3) is 3.58. The Balaban J connectivity index is 1.61. The van der Waals surface area contributed by atoms with Crippen LogP contribution in [0.15, 0.2) is 41.3 Å². The number of aromatic nitrogens is 2. The van der Waals surface area contributed by atoms with E-state index in [0.29, 0.717) is 17.7 Å². The monoisotopic (exact) mass is 479 g/mol. The van der Waals surface area contributed by atoms with Crippen molar-refractivity contribution < 1.29 is 18.7 Å². The van der Waals surface area contributed by atoms with Gasteiger partial charge >= 0.3 is 5.97 Å². The molecule has 10 heteroatoms. The van der Waals surface area contributed by atoms with Crippen LogP contribution in [0.1, 0.15) is 46.4 Å². The first-order valence-corrected chi connectivity index (χ1v) is 11.3. The van der Waals surface area contributed by atoms with Gasteiger partial charge in [0.2, 0.25) is 0 Å². The molecule has 2 N–H and O–H groups in total. The second kappa shape index (κ2) is 8.05. The molecule has 3 fully saturated rings. The van der Waals surface area contributed by atoms with Crippen molar-refractivity contribution in [2.45, 2.75) is 32.2 Å². The van der Waals surface area contributed by atoms with E-state index in [9.17, 15) is 28.7 Å². The summed E-state index contributed by atoms with van der Waals surface area (Å²) in [5, 5.41) is 22.4. The Hall–Kier alpha value is -4.00. The van der Waals surface area contributed by atoms with Crippen LogP contribution in [0.2, 0.25) is 0 Å². The molecule has 3 atom stereocenters. The van der Waals surface area contributed by atoms with Crippen LogP contribution in [0.5, 0.6) is 0 Å². The van der Waals surface area contributed by atoms with E-state index >= 15 is 0 Å². The molecule has 2 saturated heterocycles. The minimum atomic E-state index is -2.73. The highest BCUT2D eigenvalue weighted by Gasteiger charge is 2.61. The SMILES string of the molecule is Cc1cc([C@@H](C)Nc2ccccc2C(=O)O)c2nc(N3CC4CC(C3)C4(F)F)c(C#N)c(=O)n2c1. The van der Waals surface area contributed by atoms with Crippen LogP contribution in [0.25, 0.3) is 5.65 Å². The molecule has 4 heterocycles. The molecule has 0 spiro atoms. The molecule has 3 aromatic rings. The standard InChI is InChI=1S/C25H23F2N5O3/c1-13-7-18(14(2)29-20-6-4-3-5-17(20)24(34)35)22-30-21(19(9-28)23(33)32(22)10-13)31-11-15-8-16(12-31)25(15,26)27/h3-7,10,14-16,29H,8,11-12H2,1-2H3,(H,34,35)/t14-,15?,16?/m1/s1. The summed E-state index contributed by atoms with van der Waals surface area (Å²) < 4.78 is 29.6. The van der Waals surface area contributed by atoms with Crippen molar-refractivity contribution in [3.8, 4) is 6.07 Å². The number of fused-ring (bicyclic) bond motifs is 3. The number of nitriles is 1. The number of carbonyl (C=O) groups is 1. The molecule has 3 aliphatic rings. The predicted octanol–water partition coefficient (Wildman–Crippen LogP) is 3.84. The Morgan fingerprint density at radius 3 is 2.63 bits per heavy atom. The highest BCUT2D eigenvalue weighted by atomic mass is 19.3. The first-order chi connectivity index (χ1) is 16.6. The van der Waals surface area contributed by atoms with E-state index in [1.54, 1.807) is 36.2 Å². The average Bonchev–Trinajstić information content (AvgIpc) is 2.84. The number of carboxylic acids is 1. The summed E-state index contributed by atoms with van der Waals surface area (Å²) in [6.45, 7) is 3.67. The van der Waals surface area contributed by atoms with E-state index in [1.165, 1.54) is 10.5 Å². The Morgan fingerprint density at radius 1 is 1.31 bits per heavy atom. The van der Waals surface area contributed by atoms with Crippen molar-refractivity contribution in [1.29, 1.82) is 5.26 Å². The molecule has 180 valence electrons. The number of rotatable bonds is 5. The largest absolute Gasteiger partial charge is 0.478 e. The van der Waals surface area contributed by atoms with E-state index in [1.807, 2.05) is 19.1 Å². The molecule has 1 aliphatic carbocycles. The lowest BCUT2D eigenvalue weighted by molar-refractivity contribution is -0.194. The number of halogens is 2. The van der Waals surface area contributed by atoms with E-state index in [4.69, 9.17) is 0 Å². The van der Waals surface area contributed by atoms with Gasteiger partial charge in [-0.05, 0) is 44.0 Å². The van der Waals surface area contributed by atoms with Gasteiger partial charge in [-0.2, -0.15) is 5.26 Å². The van der Waals surface area contributed by atoms with Crippen molar-refractivity contribution in [3.05, 3.63) is 69.1 Å². The number of piperidine rings is 2. The van der Waals surface area contributed by atoms with Crippen molar-refractivity contribution in [2.24, 2.45) is 11.8 Å². The lowest BCUT2D eigenvalue weighted by atomic mass is 9.67. The van der Waals surface area contributed by atoms with Crippen LogP contribution in [0, 0.1) is 30.1 Å². The van der Waals surface area contributed by atoms with Crippen LogP contribution in [-0.2, 0) is 0 Å². The maximum atomic E-state index is 14.1. The smallest absolute Gasteiger partial charge is 0.337 e. The van der Waals surface area contributed by atoms with E-state index in [-0.39, 0.29) is 35.7 Å². The molecule has 0 radical (unpaired) electrons. The zero-order chi connectivity index (χ0) is 25.1. The molecule has 35 heavy (non-hydrogen) atoms. The molecule has 8 nitrogen and oxygen atoms in total.